The van der Waals surface area contributed by atoms with Crippen molar-refractivity contribution in [2.24, 2.45) is 0 Å². The second-order valence-corrected chi connectivity index (χ2v) is 7.21. The summed E-state index contributed by atoms with van der Waals surface area (Å²) in [5.41, 5.74) is 8.13. The molecule has 2 aromatic heterocycles. The molecule has 5 nitrogen and oxygen atoms in total. The first kappa shape index (κ1) is 17.4. The number of rotatable bonds is 3. The third kappa shape index (κ3) is 2.91. The molecule has 5 rings (SSSR count). The second-order valence-electron chi connectivity index (χ2n) is 7.21. The number of nitrogens with zero attached hydrogens (tertiary/aromatic N) is 4. The van der Waals surface area contributed by atoms with Crippen molar-refractivity contribution < 1.29 is 4.42 Å². The first-order valence-corrected chi connectivity index (χ1v) is 9.55. The normalized spacial score (nSPS) is 11.3. The molecule has 0 N–H and O–H groups in total. The SMILES string of the molecule is Cc1nc2cccc(-c3ncnn3-c3c(C)cc(-c4ccccc4)cc3C)c2o1. The van der Waals surface area contributed by atoms with Crippen LogP contribution in [0.4, 0.5) is 0 Å². The predicted octanol–water partition coefficient (Wildman–Crippen LogP) is 5.67. The van der Waals surface area contributed by atoms with Crippen LogP contribution < -0.4 is 0 Å². The van der Waals surface area contributed by atoms with Gasteiger partial charge < -0.3 is 4.42 Å². The van der Waals surface area contributed by atoms with Crippen LogP contribution in [0.2, 0.25) is 0 Å². The highest BCUT2D eigenvalue weighted by atomic mass is 16.3. The zero-order chi connectivity index (χ0) is 20.0. The Kier molecular flexibility index (Phi) is 4.02. The van der Waals surface area contributed by atoms with Gasteiger partial charge in [0.05, 0.1) is 11.3 Å². The number of aromatic nitrogens is 4. The summed E-state index contributed by atoms with van der Waals surface area (Å²) in [4.78, 5) is 8.99. The van der Waals surface area contributed by atoms with E-state index in [0.29, 0.717) is 5.89 Å². The predicted molar refractivity (Wildman–Crippen MR) is 114 cm³/mol. The monoisotopic (exact) mass is 380 g/mol. The van der Waals surface area contributed by atoms with Gasteiger partial charge in [0.1, 0.15) is 11.8 Å². The third-order valence-corrected chi connectivity index (χ3v) is 5.12. The highest BCUT2D eigenvalue weighted by Gasteiger charge is 2.18. The molecule has 0 atom stereocenters. The largest absolute Gasteiger partial charge is 0.440 e. The second kappa shape index (κ2) is 6.71. The van der Waals surface area contributed by atoms with Crippen molar-refractivity contribution in [2.45, 2.75) is 20.8 Å². The summed E-state index contributed by atoms with van der Waals surface area (Å²) in [6.07, 6.45) is 1.58. The van der Waals surface area contributed by atoms with Gasteiger partial charge >= 0.3 is 0 Å². The van der Waals surface area contributed by atoms with E-state index in [1.807, 2.05) is 35.9 Å². The van der Waals surface area contributed by atoms with Crippen LogP contribution in [0.1, 0.15) is 17.0 Å². The van der Waals surface area contributed by atoms with Gasteiger partial charge in [-0.05, 0) is 60.4 Å². The van der Waals surface area contributed by atoms with Gasteiger partial charge in [-0.2, -0.15) is 5.10 Å². The summed E-state index contributed by atoms with van der Waals surface area (Å²) < 4.78 is 7.75. The molecule has 0 amide bonds. The maximum atomic E-state index is 5.86. The summed E-state index contributed by atoms with van der Waals surface area (Å²) >= 11 is 0. The lowest BCUT2D eigenvalue weighted by molar-refractivity contribution is 0.561. The Balaban J connectivity index is 1.68. The van der Waals surface area contributed by atoms with E-state index >= 15 is 0 Å². The van der Waals surface area contributed by atoms with Gasteiger partial charge in [-0.1, -0.05) is 36.4 Å². The Bertz CT molecular complexity index is 1310. The molecule has 0 spiro atoms. The Hall–Kier alpha value is -3.73. The van der Waals surface area contributed by atoms with Crippen LogP contribution in [0.25, 0.3) is 39.3 Å². The van der Waals surface area contributed by atoms with Crippen molar-refractivity contribution in [2.75, 3.05) is 0 Å². The minimum absolute atomic E-state index is 0.637. The van der Waals surface area contributed by atoms with Crippen molar-refractivity contribution >= 4 is 11.1 Å². The van der Waals surface area contributed by atoms with E-state index in [1.165, 1.54) is 11.1 Å². The van der Waals surface area contributed by atoms with E-state index in [9.17, 15) is 0 Å². The number of para-hydroxylation sites is 1. The molecular weight excluding hydrogens is 360 g/mol. The highest BCUT2D eigenvalue weighted by molar-refractivity contribution is 5.88. The van der Waals surface area contributed by atoms with Gasteiger partial charge in [-0.25, -0.2) is 14.6 Å². The van der Waals surface area contributed by atoms with Crippen LogP contribution in [0, 0.1) is 20.8 Å². The lowest BCUT2D eigenvalue weighted by Crippen LogP contribution is -2.05. The molecule has 0 saturated heterocycles. The van der Waals surface area contributed by atoms with Crippen molar-refractivity contribution in [1.29, 1.82) is 0 Å². The van der Waals surface area contributed by atoms with Crippen molar-refractivity contribution in [3.63, 3.8) is 0 Å². The molecular formula is C24H20N4O. The standard InChI is InChI=1S/C24H20N4O/c1-15-12-19(18-8-5-4-6-9-18)13-16(2)22(15)28-24(25-14-26-28)20-10-7-11-21-23(20)29-17(3)27-21/h4-14H,1-3H3. The lowest BCUT2D eigenvalue weighted by atomic mass is 9.99. The van der Waals surface area contributed by atoms with E-state index in [-0.39, 0.29) is 0 Å². The fraction of sp³-hybridized carbons (Fsp3) is 0.125. The van der Waals surface area contributed by atoms with Crippen LogP contribution in [-0.4, -0.2) is 19.7 Å². The fourth-order valence-electron chi connectivity index (χ4n) is 3.91. The molecule has 2 heterocycles. The number of hydrogen-bond acceptors (Lipinski definition) is 4. The van der Waals surface area contributed by atoms with Crippen molar-refractivity contribution in [1.82, 2.24) is 19.7 Å². The molecule has 0 saturated carbocycles. The molecule has 0 radical (unpaired) electrons. The minimum atomic E-state index is 0.637. The molecule has 142 valence electrons. The van der Waals surface area contributed by atoms with Crippen LogP contribution in [-0.2, 0) is 0 Å². The van der Waals surface area contributed by atoms with Crippen LogP contribution in [0.5, 0.6) is 0 Å². The van der Waals surface area contributed by atoms with Crippen LogP contribution in [0.3, 0.4) is 0 Å². The smallest absolute Gasteiger partial charge is 0.192 e. The van der Waals surface area contributed by atoms with E-state index in [1.54, 1.807) is 6.33 Å². The first-order chi connectivity index (χ1) is 14.1. The Morgan fingerprint density at radius 2 is 1.59 bits per heavy atom. The van der Waals surface area contributed by atoms with Gasteiger partial charge in [0.15, 0.2) is 17.3 Å². The molecule has 0 aliphatic carbocycles. The van der Waals surface area contributed by atoms with Crippen LogP contribution in [0.15, 0.2) is 71.4 Å². The Morgan fingerprint density at radius 1 is 0.828 bits per heavy atom. The van der Waals surface area contributed by atoms with E-state index in [0.717, 1.165) is 39.3 Å². The van der Waals surface area contributed by atoms with Crippen LogP contribution >= 0.6 is 0 Å². The third-order valence-electron chi connectivity index (χ3n) is 5.12. The maximum Gasteiger partial charge on any atom is 0.192 e. The minimum Gasteiger partial charge on any atom is -0.440 e. The average Bonchev–Trinajstić information content (AvgIpc) is 3.33. The van der Waals surface area contributed by atoms with E-state index in [4.69, 9.17) is 4.42 Å². The molecule has 0 aliphatic rings. The van der Waals surface area contributed by atoms with Crippen molar-refractivity contribution in [3.8, 4) is 28.2 Å². The maximum absolute atomic E-state index is 5.86. The summed E-state index contributed by atoms with van der Waals surface area (Å²) in [5, 5.41) is 4.54. The molecule has 3 aromatic carbocycles. The van der Waals surface area contributed by atoms with Gasteiger partial charge in [0.2, 0.25) is 0 Å². The molecule has 29 heavy (non-hydrogen) atoms. The van der Waals surface area contributed by atoms with Gasteiger partial charge in [0.25, 0.3) is 0 Å². The number of oxazole rings is 1. The van der Waals surface area contributed by atoms with E-state index in [2.05, 4.69) is 65.3 Å². The molecule has 0 aliphatic heterocycles. The topological polar surface area (TPSA) is 56.7 Å². The fourth-order valence-corrected chi connectivity index (χ4v) is 3.91. The Labute approximate surface area is 168 Å². The van der Waals surface area contributed by atoms with E-state index < -0.39 is 0 Å². The molecule has 0 unspecified atom stereocenters. The number of benzene rings is 3. The first-order valence-electron chi connectivity index (χ1n) is 9.55. The Morgan fingerprint density at radius 3 is 2.34 bits per heavy atom. The molecule has 0 fully saturated rings. The highest BCUT2D eigenvalue weighted by Crippen LogP contribution is 2.32. The zero-order valence-corrected chi connectivity index (χ0v) is 16.5. The molecule has 5 aromatic rings. The quantitative estimate of drug-likeness (QED) is 0.405. The summed E-state index contributed by atoms with van der Waals surface area (Å²) in [5.74, 6) is 1.38. The van der Waals surface area contributed by atoms with Crippen molar-refractivity contribution in [3.05, 3.63) is 84.0 Å². The van der Waals surface area contributed by atoms with Gasteiger partial charge in [-0.3, -0.25) is 0 Å². The summed E-state index contributed by atoms with van der Waals surface area (Å²) in [7, 11) is 0. The average molecular weight is 380 g/mol. The lowest BCUT2D eigenvalue weighted by Gasteiger charge is -2.15. The number of aryl methyl sites for hydroxylation is 3. The molecule has 5 heteroatoms. The number of hydrogen-bond donors (Lipinski definition) is 0. The zero-order valence-electron chi connectivity index (χ0n) is 16.5. The summed E-state index contributed by atoms with van der Waals surface area (Å²) in [6.45, 7) is 6.07. The molecule has 0 bridgehead atoms. The summed E-state index contributed by atoms with van der Waals surface area (Å²) in [6, 6.07) is 20.7. The number of fused-ring (bicyclic) bond motifs is 1. The van der Waals surface area contributed by atoms with Gasteiger partial charge in [0, 0.05) is 6.92 Å². The van der Waals surface area contributed by atoms with Gasteiger partial charge in [-0.15, -0.1) is 0 Å².